The predicted molar refractivity (Wildman–Crippen MR) is 117 cm³/mol. The Bertz CT molecular complexity index is 1220. The van der Waals surface area contributed by atoms with Crippen LogP contribution in [-0.2, 0) is 6.54 Å². The molecule has 0 fully saturated rings. The van der Waals surface area contributed by atoms with Crippen LogP contribution in [0.3, 0.4) is 0 Å². The molecule has 2 aromatic carbocycles. The van der Waals surface area contributed by atoms with Crippen molar-refractivity contribution in [2.24, 2.45) is 0 Å². The van der Waals surface area contributed by atoms with E-state index in [1.165, 1.54) is 5.56 Å². The first kappa shape index (κ1) is 19.1. The van der Waals surface area contributed by atoms with Crippen molar-refractivity contribution in [2.75, 3.05) is 30.6 Å². The highest BCUT2D eigenvalue weighted by Gasteiger charge is 2.16. The minimum atomic E-state index is -0.00243. The summed E-state index contributed by atoms with van der Waals surface area (Å²) < 4.78 is 12.6. The number of rotatable bonds is 7. The van der Waals surface area contributed by atoms with Gasteiger partial charge in [-0.05, 0) is 36.8 Å². The Morgan fingerprint density at radius 1 is 1.03 bits per heavy atom. The van der Waals surface area contributed by atoms with Crippen LogP contribution in [0.15, 0.2) is 48.7 Å². The number of nitrogens with one attached hydrogen (secondary N) is 2. The molecule has 0 unspecified atom stereocenters. The largest absolute Gasteiger partial charge is 0.454 e. The molecule has 9 nitrogen and oxygen atoms in total. The lowest BCUT2D eigenvalue weighted by atomic mass is 10.2. The number of hydrogen-bond acceptors (Lipinski definition) is 8. The molecule has 0 spiro atoms. The highest BCUT2D eigenvalue weighted by atomic mass is 16.7. The first-order chi connectivity index (χ1) is 15.2. The molecule has 0 aliphatic carbocycles. The van der Waals surface area contributed by atoms with E-state index in [1.807, 2.05) is 49.4 Å². The van der Waals surface area contributed by atoms with Gasteiger partial charge in [-0.25, -0.2) is 4.68 Å². The van der Waals surface area contributed by atoms with Gasteiger partial charge < -0.3 is 25.2 Å². The van der Waals surface area contributed by atoms with Crippen molar-refractivity contribution < 1.29 is 14.6 Å². The van der Waals surface area contributed by atoms with Gasteiger partial charge in [-0.3, -0.25) is 0 Å². The molecule has 0 saturated carbocycles. The molecule has 3 heterocycles. The lowest BCUT2D eigenvalue weighted by molar-refractivity contribution is 0.174. The zero-order valence-corrected chi connectivity index (χ0v) is 17.0. The monoisotopic (exact) mass is 418 g/mol. The summed E-state index contributed by atoms with van der Waals surface area (Å²) in [5.41, 5.74) is 3.78. The van der Waals surface area contributed by atoms with E-state index in [4.69, 9.17) is 14.5 Å². The molecule has 1 aliphatic heterocycles. The zero-order chi connectivity index (χ0) is 21.2. The number of benzene rings is 2. The van der Waals surface area contributed by atoms with Gasteiger partial charge in [0.1, 0.15) is 5.82 Å². The second kappa shape index (κ2) is 8.11. The third-order valence-electron chi connectivity index (χ3n) is 5.00. The standard InChI is InChI=1S/C22H22N6O3/c1-14-2-5-16(6-3-14)28-21-17(12-25-28)20(23-8-9-29)26-22(27-21)24-11-15-4-7-18-19(10-15)31-13-30-18/h2-7,10,12,29H,8-9,11,13H2,1H3,(H2,23,24,26,27). The fourth-order valence-electron chi connectivity index (χ4n) is 3.40. The Morgan fingerprint density at radius 3 is 2.71 bits per heavy atom. The smallest absolute Gasteiger partial charge is 0.231 e. The van der Waals surface area contributed by atoms with E-state index in [2.05, 4.69) is 20.7 Å². The minimum Gasteiger partial charge on any atom is -0.454 e. The van der Waals surface area contributed by atoms with Gasteiger partial charge >= 0.3 is 0 Å². The van der Waals surface area contributed by atoms with Crippen LogP contribution in [0.4, 0.5) is 11.8 Å². The number of anilines is 2. The molecule has 0 radical (unpaired) electrons. The molecular formula is C22H22N6O3. The average molecular weight is 418 g/mol. The highest BCUT2D eigenvalue weighted by molar-refractivity contribution is 5.88. The van der Waals surface area contributed by atoms with Crippen molar-refractivity contribution in [1.29, 1.82) is 0 Å². The zero-order valence-electron chi connectivity index (χ0n) is 17.0. The van der Waals surface area contributed by atoms with Gasteiger partial charge in [-0.15, -0.1) is 0 Å². The summed E-state index contributed by atoms with van der Waals surface area (Å²) in [7, 11) is 0. The van der Waals surface area contributed by atoms with Gasteiger partial charge in [0.2, 0.25) is 12.7 Å². The van der Waals surface area contributed by atoms with E-state index in [9.17, 15) is 5.11 Å². The van der Waals surface area contributed by atoms with Gasteiger partial charge in [0.15, 0.2) is 17.1 Å². The summed E-state index contributed by atoms with van der Waals surface area (Å²) in [4.78, 5) is 9.30. The Hall–Kier alpha value is -3.85. The quantitative estimate of drug-likeness (QED) is 0.421. The normalized spacial score (nSPS) is 12.3. The maximum atomic E-state index is 9.24. The molecular weight excluding hydrogens is 396 g/mol. The van der Waals surface area contributed by atoms with E-state index in [0.29, 0.717) is 30.5 Å². The van der Waals surface area contributed by atoms with Gasteiger partial charge in [-0.1, -0.05) is 23.8 Å². The van der Waals surface area contributed by atoms with E-state index in [1.54, 1.807) is 10.9 Å². The molecule has 4 aromatic rings. The van der Waals surface area contributed by atoms with Gasteiger partial charge in [-0.2, -0.15) is 15.1 Å². The van der Waals surface area contributed by atoms with Crippen molar-refractivity contribution in [3.8, 4) is 17.2 Å². The van der Waals surface area contributed by atoms with E-state index in [0.717, 1.165) is 28.1 Å². The van der Waals surface area contributed by atoms with Crippen LogP contribution in [0.5, 0.6) is 11.5 Å². The van der Waals surface area contributed by atoms with Crippen LogP contribution in [0, 0.1) is 6.92 Å². The number of aliphatic hydroxyl groups is 1. The van der Waals surface area contributed by atoms with Crippen molar-refractivity contribution in [3.63, 3.8) is 0 Å². The molecule has 158 valence electrons. The van der Waals surface area contributed by atoms with Crippen LogP contribution in [0.2, 0.25) is 0 Å². The predicted octanol–water partition coefficient (Wildman–Crippen LogP) is 2.87. The van der Waals surface area contributed by atoms with Crippen LogP contribution in [0.25, 0.3) is 16.7 Å². The number of hydrogen-bond donors (Lipinski definition) is 3. The minimum absolute atomic E-state index is 0.00243. The summed E-state index contributed by atoms with van der Waals surface area (Å²) in [5.74, 6) is 2.56. The summed E-state index contributed by atoms with van der Waals surface area (Å²) in [5, 5.41) is 21.0. The number of aryl methyl sites for hydroxylation is 1. The van der Waals surface area contributed by atoms with Crippen molar-refractivity contribution in [1.82, 2.24) is 19.7 Å². The van der Waals surface area contributed by atoms with Crippen molar-refractivity contribution in [3.05, 3.63) is 59.8 Å². The Kier molecular flexibility index (Phi) is 5.01. The lowest BCUT2D eigenvalue weighted by Crippen LogP contribution is -2.11. The topological polar surface area (TPSA) is 106 Å². The number of aromatic nitrogens is 4. The molecule has 3 N–H and O–H groups in total. The van der Waals surface area contributed by atoms with Gasteiger partial charge in [0.05, 0.1) is 23.9 Å². The molecule has 0 atom stereocenters. The molecule has 2 aromatic heterocycles. The average Bonchev–Trinajstić information content (AvgIpc) is 3.43. The lowest BCUT2D eigenvalue weighted by Gasteiger charge is -2.11. The molecule has 9 heteroatoms. The molecule has 5 rings (SSSR count). The van der Waals surface area contributed by atoms with Gasteiger partial charge in [0, 0.05) is 13.1 Å². The molecule has 0 amide bonds. The highest BCUT2D eigenvalue weighted by Crippen LogP contribution is 2.32. The third-order valence-corrected chi connectivity index (χ3v) is 5.00. The first-order valence-corrected chi connectivity index (χ1v) is 10.0. The second-order valence-electron chi connectivity index (χ2n) is 7.22. The first-order valence-electron chi connectivity index (χ1n) is 10.0. The van der Waals surface area contributed by atoms with Gasteiger partial charge in [0.25, 0.3) is 0 Å². The Morgan fingerprint density at radius 2 is 1.87 bits per heavy atom. The summed E-state index contributed by atoms with van der Waals surface area (Å²) in [6, 6.07) is 13.9. The molecule has 0 bridgehead atoms. The molecule has 0 saturated heterocycles. The van der Waals surface area contributed by atoms with Crippen LogP contribution in [0.1, 0.15) is 11.1 Å². The molecule has 1 aliphatic rings. The fraction of sp³-hybridized carbons (Fsp3) is 0.227. The summed E-state index contributed by atoms with van der Waals surface area (Å²) in [6.07, 6.45) is 1.73. The number of aliphatic hydroxyl groups excluding tert-OH is 1. The maximum Gasteiger partial charge on any atom is 0.231 e. The van der Waals surface area contributed by atoms with E-state index in [-0.39, 0.29) is 13.4 Å². The summed E-state index contributed by atoms with van der Waals surface area (Å²) >= 11 is 0. The maximum absolute atomic E-state index is 9.24. The SMILES string of the molecule is Cc1ccc(-n2ncc3c(NCCO)nc(NCc4ccc5c(c4)OCO5)nc32)cc1. The number of nitrogens with zero attached hydrogens (tertiary/aromatic N) is 4. The number of fused-ring (bicyclic) bond motifs is 2. The van der Waals surface area contributed by atoms with Crippen LogP contribution in [-0.4, -0.2) is 44.8 Å². The van der Waals surface area contributed by atoms with Crippen molar-refractivity contribution >= 4 is 22.8 Å². The van der Waals surface area contributed by atoms with Crippen LogP contribution < -0.4 is 20.1 Å². The Labute approximate surface area is 178 Å². The Balaban J connectivity index is 1.48. The van der Waals surface area contributed by atoms with Crippen molar-refractivity contribution in [2.45, 2.75) is 13.5 Å². The van der Waals surface area contributed by atoms with E-state index < -0.39 is 0 Å². The fourth-order valence-corrected chi connectivity index (χ4v) is 3.40. The summed E-state index contributed by atoms with van der Waals surface area (Å²) in [6.45, 7) is 3.18. The second-order valence-corrected chi connectivity index (χ2v) is 7.22. The van der Waals surface area contributed by atoms with E-state index >= 15 is 0 Å². The number of ether oxygens (including phenoxy) is 2. The molecule has 31 heavy (non-hydrogen) atoms. The third kappa shape index (κ3) is 3.82. The van der Waals surface area contributed by atoms with Crippen LogP contribution >= 0.6 is 0 Å².